The van der Waals surface area contributed by atoms with Gasteiger partial charge in [0.1, 0.15) is 24.1 Å². The molecule has 1 N–H and O–H groups in total. The van der Waals surface area contributed by atoms with E-state index >= 15 is 0 Å². The van der Waals surface area contributed by atoms with Crippen LogP contribution in [0.25, 0.3) is 0 Å². The molecule has 1 aromatic carbocycles. The Morgan fingerprint density at radius 3 is 2.60 bits per heavy atom. The van der Waals surface area contributed by atoms with Gasteiger partial charge in [0.2, 0.25) is 0 Å². The Morgan fingerprint density at radius 2 is 2.00 bits per heavy atom. The minimum Gasteiger partial charge on any atom is -0.382 e. The molecule has 25 heavy (non-hydrogen) atoms. The highest BCUT2D eigenvalue weighted by atomic mass is 35.5. The summed E-state index contributed by atoms with van der Waals surface area (Å²) in [5.41, 5.74) is -1.08. The van der Waals surface area contributed by atoms with Gasteiger partial charge in [-0.1, -0.05) is 36.2 Å². The molecule has 130 valence electrons. The van der Waals surface area contributed by atoms with Gasteiger partial charge in [-0.05, 0) is 12.1 Å². The highest BCUT2D eigenvalue weighted by molar-refractivity contribution is 6.35. The van der Waals surface area contributed by atoms with Crippen molar-refractivity contribution in [1.82, 2.24) is 24.7 Å². The Balaban J connectivity index is 2.09. The SMILES string of the molecule is C[C@@H](c1ncc(F)cn1)[C@](O)(Cn1cncn1)c1ccc(Cl)cc1Cl. The highest BCUT2D eigenvalue weighted by Crippen LogP contribution is 2.40. The zero-order valence-corrected chi connectivity index (χ0v) is 14.7. The van der Waals surface area contributed by atoms with Gasteiger partial charge in [0.25, 0.3) is 0 Å². The molecular weight excluding hydrogens is 368 g/mol. The minimum atomic E-state index is -1.52. The molecule has 2 atom stereocenters. The van der Waals surface area contributed by atoms with Gasteiger partial charge in [0.15, 0.2) is 5.82 Å². The van der Waals surface area contributed by atoms with Gasteiger partial charge in [-0.3, -0.25) is 0 Å². The van der Waals surface area contributed by atoms with E-state index in [2.05, 4.69) is 20.1 Å². The average Bonchev–Trinajstić information content (AvgIpc) is 3.07. The molecule has 0 saturated carbocycles. The Hall–Kier alpha value is -2.09. The monoisotopic (exact) mass is 381 g/mol. The van der Waals surface area contributed by atoms with Crippen LogP contribution in [0.1, 0.15) is 24.2 Å². The van der Waals surface area contributed by atoms with E-state index in [4.69, 9.17) is 23.2 Å². The third-order valence-electron chi connectivity index (χ3n) is 4.01. The summed E-state index contributed by atoms with van der Waals surface area (Å²) < 4.78 is 14.6. The zero-order valence-electron chi connectivity index (χ0n) is 13.1. The molecule has 0 aliphatic heterocycles. The van der Waals surface area contributed by atoms with Crippen molar-refractivity contribution in [2.24, 2.45) is 0 Å². The molecule has 9 heteroatoms. The zero-order chi connectivity index (χ0) is 18.0. The first kappa shape index (κ1) is 17.7. The normalized spacial score (nSPS) is 14.9. The van der Waals surface area contributed by atoms with Gasteiger partial charge in [-0.25, -0.2) is 24.0 Å². The van der Waals surface area contributed by atoms with Crippen LogP contribution >= 0.6 is 23.2 Å². The molecule has 0 amide bonds. The van der Waals surface area contributed by atoms with Crippen LogP contribution in [0.3, 0.4) is 0 Å². The molecule has 0 aliphatic carbocycles. The number of aromatic nitrogens is 5. The van der Waals surface area contributed by atoms with Gasteiger partial charge in [0.05, 0.1) is 24.9 Å². The molecule has 0 fully saturated rings. The van der Waals surface area contributed by atoms with Crippen LogP contribution in [0.15, 0.2) is 43.2 Å². The maximum absolute atomic E-state index is 13.1. The molecule has 2 aromatic heterocycles. The van der Waals surface area contributed by atoms with Crippen LogP contribution in [-0.2, 0) is 12.1 Å². The quantitative estimate of drug-likeness (QED) is 0.734. The maximum atomic E-state index is 13.1. The molecule has 0 aliphatic rings. The van der Waals surface area contributed by atoms with Gasteiger partial charge in [0, 0.05) is 15.6 Å². The lowest BCUT2D eigenvalue weighted by atomic mass is 9.81. The standard InChI is InChI=1S/C16H14Cl2FN5O/c1-10(15-21-5-12(19)6-22-15)16(25,7-24-9-20-8-23-24)13-3-2-11(17)4-14(13)18/h2-6,8-10,25H,7H2,1H3/t10-,16+/m0/s1. The van der Waals surface area contributed by atoms with Gasteiger partial charge in [-0.15, -0.1) is 0 Å². The van der Waals surface area contributed by atoms with Crippen LogP contribution < -0.4 is 0 Å². The van der Waals surface area contributed by atoms with Crippen molar-refractivity contribution < 1.29 is 9.50 Å². The predicted octanol–water partition coefficient (Wildman–Crippen LogP) is 3.21. The smallest absolute Gasteiger partial charge is 0.159 e. The predicted molar refractivity (Wildman–Crippen MR) is 90.8 cm³/mol. The fourth-order valence-corrected chi connectivity index (χ4v) is 3.19. The van der Waals surface area contributed by atoms with Crippen molar-refractivity contribution >= 4 is 23.2 Å². The first-order valence-corrected chi connectivity index (χ1v) is 8.13. The van der Waals surface area contributed by atoms with E-state index < -0.39 is 17.3 Å². The largest absolute Gasteiger partial charge is 0.382 e. The molecule has 2 heterocycles. The Kier molecular flexibility index (Phi) is 4.99. The number of benzene rings is 1. The summed E-state index contributed by atoms with van der Waals surface area (Å²) in [6, 6.07) is 4.82. The van der Waals surface area contributed by atoms with E-state index in [1.807, 2.05) is 0 Å². The summed E-state index contributed by atoms with van der Waals surface area (Å²) in [5, 5.41) is 16.3. The average molecular weight is 382 g/mol. The van der Waals surface area contributed by atoms with Crippen molar-refractivity contribution in [2.75, 3.05) is 0 Å². The topological polar surface area (TPSA) is 76.7 Å². The Labute approximate surface area is 153 Å². The first-order chi connectivity index (χ1) is 11.9. The van der Waals surface area contributed by atoms with Crippen molar-refractivity contribution in [2.45, 2.75) is 25.0 Å². The second kappa shape index (κ2) is 7.03. The van der Waals surface area contributed by atoms with Crippen LogP contribution in [0.4, 0.5) is 4.39 Å². The lowest BCUT2D eigenvalue weighted by molar-refractivity contribution is -0.0103. The summed E-state index contributed by atoms with van der Waals surface area (Å²) >= 11 is 12.3. The lowest BCUT2D eigenvalue weighted by Gasteiger charge is -2.34. The number of halogens is 3. The molecule has 0 bridgehead atoms. The van der Waals surface area contributed by atoms with Crippen LogP contribution in [0, 0.1) is 5.82 Å². The number of hydrogen-bond donors (Lipinski definition) is 1. The number of rotatable bonds is 5. The highest BCUT2D eigenvalue weighted by Gasteiger charge is 2.40. The van der Waals surface area contributed by atoms with Crippen LogP contribution in [0.2, 0.25) is 10.0 Å². The van der Waals surface area contributed by atoms with Crippen molar-refractivity contribution in [1.29, 1.82) is 0 Å². The molecule has 0 saturated heterocycles. The molecular formula is C16H14Cl2FN5O. The number of hydrogen-bond acceptors (Lipinski definition) is 5. The van der Waals surface area contributed by atoms with Crippen LogP contribution in [-0.4, -0.2) is 29.8 Å². The van der Waals surface area contributed by atoms with E-state index in [9.17, 15) is 9.50 Å². The van der Waals surface area contributed by atoms with E-state index in [-0.39, 0.29) is 12.4 Å². The summed E-state index contributed by atoms with van der Waals surface area (Å²) in [6.45, 7) is 1.78. The van der Waals surface area contributed by atoms with Crippen molar-refractivity contribution in [3.63, 3.8) is 0 Å². The molecule has 3 rings (SSSR count). The summed E-state index contributed by atoms with van der Waals surface area (Å²) in [7, 11) is 0. The molecule has 6 nitrogen and oxygen atoms in total. The van der Waals surface area contributed by atoms with Gasteiger partial charge in [-0.2, -0.15) is 5.10 Å². The van der Waals surface area contributed by atoms with Gasteiger partial charge >= 0.3 is 0 Å². The molecule has 0 spiro atoms. The Morgan fingerprint density at radius 1 is 1.28 bits per heavy atom. The maximum Gasteiger partial charge on any atom is 0.159 e. The van der Waals surface area contributed by atoms with E-state index in [0.29, 0.717) is 15.6 Å². The lowest BCUT2D eigenvalue weighted by Crippen LogP contribution is -2.38. The summed E-state index contributed by atoms with van der Waals surface area (Å²) in [5.74, 6) is -0.897. The number of nitrogens with zero attached hydrogens (tertiary/aromatic N) is 5. The van der Waals surface area contributed by atoms with E-state index in [1.165, 1.54) is 17.3 Å². The Bertz CT molecular complexity index is 859. The van der Waals surface area contributed by atoms with Gasteiger partial charge < -0.3 is 5.11 Å². The third-order valence-corrected chi connectivity index (χ3v) is 4.56. The fraction of sp³-hybridized carbons (Fsp3) is 0.250. The molecule has 0 unspecified atom stereocenters. The third kappa shape index (κ3) is 3.63. The number of aliphatic hydroxyl groups is 1. The summed E-state index contributed by atoms with van der Waals surface area (Å²) in [4.78, 5) is 11.9. The first-order valence-electron chi connectivity index (χ1n) is 7.38. The van der Waals surface area contributed by atoms with Crippen LogP contribution in [0.5, 0.6) is 0 Å². The second-order valence-electron chi connectivity index (χ2n) is 5.62. The van der Waals surface area contributed by atoms with E-state index in [0.717, 1.165) is 12.4 Å². The van der Waals surface area contributed by atoms with E-state index in [1.54, 1.807) is 25.1 Å². The second-order valence-corrected chi connectivity index (χ2v) is 6.47. The van der Waals surface area contributed by atoms with Crippen molar-refractivity contribution in [3.05, 3.63) is 70.5 Å². The molecule has 3 aromatic rings. The fourth-order valence-electron chi connectivity index (χ4n) is 2.62. The minimum absolute atomic E-state index is 0.0518. The molecule has 0 radical (unpaired) electrons. The summed E-state index contributed by atoms with van der Waals surface area (Å²) in [6.07, 6.45) is 4.95. The van der Waals surface area contributed by atoms with Crippen molar-refractivity contribution in [3.8, 4) is 0 Å².